The van der Waals surface area contributed by atoms with Gasteiger partial charge in [-0.05, 0) is 35.0 Å². The fourth-order valence-electron chi connectivity index (χ4n) is 1.73. The van der Waals surface area contributed by atoms with E-state index in [1.807, 2.05) is 37.3 Å². The van der Waals surface area contributed by atoms with Crippen LogP contribution in [0.2, 0.25) is 5.15 Å². The zero-order chi connectivity index (χ0) is 12.7. The van der Waals surface area contributed by atoms with Gasteiger partial charge in [-0.15, -0.1) is 0 Å². The van der Waals surface area contributed by atoms with Crippen molar-refractivity contribution in [2.75, 3.05) is 0 Å². The predicted molar refractivity (Wildman–Crippen MR) is 74.7 cm³/mol. The van der Waals surface area contributed by atoms with Gasteiger partial charge in [-0.3, -0.25) is 0 Å². The first-order valence-electron chi connectivity index (χ1n) is 5.34. The van der Waals surface area contributed by atoms with Crippen LogP contribution in [0.4, 0.5) is 0 Å². The van der Waals surface area contributed by atoms with Crippen LogP contribution in [0.1, 0.15) is 5.69 Å². The minimum Gasteiger partial charge on any atom is -0.453 e. The molecule has 0 aliphatic carbocycles. The lowest BCUT2D eigenvalue weighted by molar-refractivity contribution is 0.624. The molecule has 5 heteroatoms. The van der Waals surface area contributed by atoms with Gasteiger partial charge in [0.1, 0.15) is 10.7 Å². The molecule has 0 aliphatic rings. The van der Waals surface area contributed by atoms with Gasteiger partial charge >= 0.3 is 0 Å². The third-order valence-corrected chi connectivity index (χ3v) is 4.07. The van der Waals surface area contributed by atoms with E-state index >= 15 is 0 Å². The molecule has 0 spiro atoms. The molecule has 0 fully saturated rings. The summed E-state index contributed by atoms with van der Waals surface area (Å²) in [6.07, 6.45) is 0. The summed E-state index contributed by atoms with van der Waals surface area (Å²) >= 11 is 9.36. The highest BCUT2D eigenvalue weighted by molar-refractivity contribution is 9.10. The molecule has 1 aromatic carbocycles. The van der Waals surface area contributed by atoms with E-state index in [9.17, 15) is 0 Å². The largest absolute Gasteiger partial charge is 0.453 e. The van der Waals surface area contributed by atoms with Crippen LogP contribution in [0, 0.1) is 6.92 Å². The number of para-hydroxylation sites is 1. The molecular formula is C13H8BrClN2O. The van der Waals surface area contributed by atoms with Crippen molar-refractivity contribution < 1.29 is 4.42 Å². The molecule has 18 heavy (non-hydrogen) atoms. The highest BCUT2D eigenvalue weighted by Gasteiger charge is 2.12. The van der Waals surface area contributed by atoms with E-state index in [0.717, 1.165) is 16.7 Å². The van der Waals surface area contributed by atoms with Crippen LogP contribution in [0.15, 0.2) is 39.2 Å². The number of aryl methyl sites for hydroxylation is 1. The summed E-state index contributed by atoms with van der Waals surface area (Å²) in [5.74, 6) is 1.12. The molecule has 0 amide bonds. The predicted octanol–water partition coefficient (Wildman–Crippen LogP) is 4.61. The molecule has 3 rings (SSSR count). The normalized spacial score (nSPS) is 11.1. The van der Waals surface area contributed by atoms with E-state index < -0.39 is 0 Å². The molecule has 0 saturated heterocycles. The molecule has 0 bridgehead atoms. The number of rotatable bonds is 1. The first-order chi connectivity index (χ1) is 8.65. The van der Waals surface area contributed by atoms with Gasteiger partial charge in [-0.2, -0.15) is 0 Å². The number of benzene rings is 1. The van der Waals surface area contributed by atoms with Gasteiger partial charge in [0.05, 0.1) is 10.2 Å². The van der Waals surface area contributed by atoms with Crippen molar-refractivity contribution in [3.8, 4) is 11.6 Å². The van der Waals surface area contributed by atoms with Crippen LogP contribution in [-0.4, -0.2) is 9.97 Å². The van der Waals surface area contributed by atoms with Crippen molar-refractivity contribution >= 4 is 38.5 Å². The summed E-state index contributed by atoms with van der Waals surface area (Å²) in [6.45, 7) is 1.86. The number of halogens is 2. The number of nitrogens with zero attached hydrogens (tertiary/aromatic N) is 2. The SMILES string of the molecule is Cc1nc(-c2cc3ccccc3o2)nc(Cl)c1Br. The van der Waals surface area contributed by atoms with Crippen molar-refractivity contribution in [2.45, 2.75) is 6.92 Å². The van der Waals surface area contributed by atoms with Crippen molar-refractivity contribution in [3.05, 3.63) is 45.7 Å². The molecule has 0 aliphatic heterocycles. The maximum absolute atomic E-state index is 6.03. The summed E-state index contributed by atoms with van der Waals surface area (Å²) in [6, 6.07) is 9.69. The van der Waals surface area contributed by atoms with E-state index in [2.05, 4.69) is 25.9 Å². The van der Waals surface area contributed by atoms with E-state index in [-0.39, 0.29) is 0 Å². The first kappa shape index (κ1) is 11.7. The number of fused-ring (bicyclic) bond motifs is 1. The van der Waals surface area contributed by atoms with Gasteiger partial charge in [-0.25, -0.2) is 9.97 Å². The minimum atomic E-state index is 0.387. The quantitative estimate of drug-likeness (QED) is 0.614. The Kier molecular flexibility index (Phi) is 2.84. The van der Waals surface area contributed by atoms with E-state index in [1.165, 1.54) is 0 Å². The Morgan fingerprint density at radius 3 is 2.72 bits per heavy atom. The van der Waals surface area contributed by atoms with Gasteiger partial charge in [-0.1, -0.05) is 29.8 Å². The fourth-order valence-corrected chi connectivity index (χ4v) is 2.12. The lowest BCUT2D eigenvalue weighted by atomic mass is 10.2. The Labute approximate surface area is 117 Å². The minimum absolute atomic E-state index is 0.387. The molecule has 0 saturated carbocycles. The molecule has 2 aromatic heterocycles. The first-order valence-corrected chi connectivity index (χ1v) is 6.51. The number of hydrogen-bond acceptors (Lipinski definition) is 3. The third-order valence-electron chi connectivity index (χ3n) is 2.62. The zero-order valence-electron chi connectivity index (χ0n) is 9.45. The summed E-state index contributed by atoms with van der Waals surface area (Å²) in [5, 5.41) is 1.41. The molecule has 3 aromatic rings. The molecule has 3 nitrogen and oxygen atoms in total. The summed E-state index contributed by atoms with van der Waals surface area (Å²) in [4.78, 5) is 8.58. The Morgan fingerprint density at radius 2 is 2.00 bits per heavy atom. The highest BCUT2D eigenvalue weighted by atomic mass is 79.9. The van der Waals surface area contributed by atoms with E-state index in [4.69, 9.17) is 16.0 Å². The molecule has 0 unspecified atom stereocenters. The van der Waals surface area contributed by atoms with Crippen LogP contribution in [0.25, 0.3) is 22.6 Å². The maximum atomic E-state index is 6.03. The van der Waals surface area contributed by atoms with E-state index in [1.54, 1.807) is 0 Å². The Hall–Kier alpha value is -1.39. The lowest BCUT2D eigenvalue weighted by Gasteiger charge is -2.01. The van der Waals surface area contributed by atoms with Gasteiger partial charge < -0.3 is 4.42 Å². The van der Waals surface area contributed by atoms with Crippen LogP contribution >= 0.6 is 27.5 Å². The maximum Gasteiger partial charge on any atom is 0.197 e. The fraction of sp³-hybridized carbons (Fsp3) is 0.0769. The van der Waals surface area contributed by atoms with Crippen molar-refractivity contribution in [2.24, 2.45) is 0 Å². The molecule has 0 N–H and O–H groups in total. The van der Waals surface area contributed by atoms with Gasteiger partial charge in [0, 0.05) is 5.39 Å². The van der Waals surface area contributed by atoms with Gasteiger partial charge in [0.25, 0.3) is 0 Å². The van der Waals surface area contributed by atoms with Crippen molar-refractivity contribution in [3.63, 3.8) is 0 Å². The second-order valence-corrected chi connectivity index (χ2v) is 5.04. The van der Waals surface area contributed by atoms with E-state index in [0.29, 0.717) is 21.2 Å². The standard InChI is InChI=1S/C13H8BrClN2O/c1-7-11(14)12(15)17-13(16-7)10-6-8-4-2-3-5-9(8)18-10/h2-6H,1H3. The topological polar surface area (TPSA) is 38.9 Å². The van der Waals surface area contributed by atoms with Crippen LogP contribution < -0.4 is 0 Å². The van der Waals surface area contributed by atoms with Crippen molar-refractivity contribution in [1.82, 2.24) is 9.97 Å². The summed E-state index contributed by atoms with van der Waals surface area (Å²) in [7, 11) is 0. The summed E-state index contributed by atoms with van der Waals surface area (Å²) < 4.78 is 6.42. The van der Waals surface area contributed by atoms with Crippen molar-refractivity contribution in [1.29, 1.82) is 0 Å². The average Bonchev–Trinajstić information content (AvgIpc) is 2.79. The second-order valence-electron chi connectivity index (χ2n) is 3.89. The lowest BCUT2D eigenvalue weighted by Crippen LogP contribution is -1.93. The van der Waals surface area contributed by atoms with Crippen LogP contribution in [-0.2, 0) is 0 Å². The van der Waals surface area contributed by atoms with Gasteiger partial charge in [0.2, 0.25) is 0 Å². The van der Waals surface area contributed by atoms with Gasteiger partial charge in [0.15, 0.2) is 11.6 Å². The highest BCUT2D eigenvalue weighted by Crippen LogP contribution is 2.29. The molecular weight excluding hydrogens is 316 g/mol. The summed E-state index contributed by atoms with van der Waals surface area (Å²) in [5.41, 5.74) is 1.60. The molecule has 90 valence electrons. The average molecular weight is 324 g/mol. The van der Waals surface area contributed by atoms with Crippen LogP contribution in [0.3, 0.4) is 0 Å². The Bertz CT molecular complexity index is 683. The number of furan rings is 1. The smallest absolute Gasteiger partial charge is 0.197 e. The Morgan fingerprint density at radius 1 is 1.22 bits per heavy atom. The monoisotopic (exact) mass is 322 g/mol. The second kappa shape index (κ2) is 4.37. The third kappa shape index (κ3) is 1.91. The Balaban J connectivity index is 2.20. The number of hydrogen-bond donors (Lipinski definition) is 0. The number of aromatic nitrogens is 2. The molecule has 0 atom stereocenters. The molecule has 2 heterocycles. The molecule has 0 radical (unpaired) electrons. The van der Waals surface area contributed by atoms with Crippen LogP contribution in [0.5, 0.6) is 0 Å². The zero-order valence-corrected chi connectivity index (χ0v) is 11.8.